The van der Waals surface area contributed by atoms with Crippen LogP contribution in [0.2, 0.25) is 0 Å². The third-order valence-corrected chi connectivity index (χ3v) is 10.3. The molecule has 0 saturated carbocycles. The molecule has 0 bridgehead atoms. The Morgan fingerprint density at radius 1 is 0.978 bits per heavy atom. The maximum absolute atomic E-state index is 14.3. The molecule has 5 N–H and O–H groups in total. The van der Waals surface area contributed by atoms with E-state index in [9.17, 15) is 24.1 Å². The monoisotopic (exact) mass is 656 g/mol. The van der Waals surface area contributed by atoms with Crippen LogP contribution >= 0.6 is 11.8 Å². The number of likely N-dealkylation sites (tertiary alicyclic amines) is 1. The van der Waals surface area contributed by atoms with Gasteiger partial charge >= 0.3 is 0 Å². The summed E-state index contributed by atoms with van der Waals surface area (Å²) < 4.78 is 46.3. The number of nitrogens with two attached hydrogens (primary N) is 1. The summed E-state index contributed by atoms with van der Waals surface area (Å²) in [5.74, 6) is -0.233. The van der Waals surface area contributed by atoms with Crippen molar-refractivity contribution >= 4 is 11.8 Å². The second-order valence-electron chi connectivity index (χ2n) is 12.6. The number of hydrogen-bond acceptors (Lipinski definition) is 9. The van der Waals surface area contributed by atoms with Crippen molar-refractivity contribution in [3.8, 4) is 5.75 Å². The number of ether oxygens (including phenoxy) is 3. The normalized spacial score (nSPS) is 32.0. The molecule has 248 valence electrons. The number of thioether (sulfide) groups is 1. The molecule has 11 heteroatoms. The van der Waals surface area contributed by atoms with Crippen LogP contribution in [-0.2, 0) is 15.9 Å². The molecule has 3 fully saturated rings. The highest BCUT2D eigenvalue weighted by molar-refractivity contribution is 7.99. The topological polar surface area (TPSA) is 118 Å². The fraction of sp³-hybridized carbons (Fsp3) is 0.486. The molecule has 6 rings (SSSR count). The summed E-state index contributed by atoms with van der Waals surface area (Å²) in [5, 5.41) is 31.3. The van der Waals surface area contributed by atoms with E-state index in [2.05, 4.69) is 4.90 Å². The first-order valence-corrected chi connectivity index (χ1v) is 17.0. The zero-order chi connectivity index (χ0) is 32.5. The van der Waals surface area contributed by atoms with Gasteiger partial charge in [0, 0.05) is 30.7 Å². The fourth-order valence-corrected chi connectivity index (χ4v) is 7.48. The molecular weight excluding hydrogens is 614 g/mol. The van der Waals surface area contributed by atoms with Crippen LogP contribution in [0.5, 0.6) is 5.75 Å². The van der Waals surface area contributed by atoms with Crippen LogP contribution in [0.15, 0.2) is 60.7 Å². The fourth-order valence-electron chi connectivity index (χ4n) is 6.81. The third-order valence-electron chi connectivity index (χ3n) is 9.48. The molecule has 0 aliphatic carbocycles. The van der Waals surface area contributed by atoms with Crippen molar-refractivity contribution < 1.29 is 38.3 Å². The van der Waals surface area contributed by atoms with E-state index >= 15 is 0 Å². The minimum absolute atomic E-state index is 0.0142. The Bertz CT molecular complexity index is 1500. The number of aliphatic hydroxyl groups is 3. The zero-order valence-corrected chi connectivity index (χ0v) is 26.8. The Morgan fingerprint density at radius 3 is 2.50 bits per heavy atom. The second kappa shape index (κ2) is 14.2. The molecule has 8 nitrogen and oxygen atoms in total. The quantitative estimate of drug-likeness (QED) is 0.285. The number of hydrogen-bond donors (Lipinski definition) is 4. The molecule has 0 spiro atoms. The lowest BCUT2D eigenvalue weighted by Crippen LogP contribution is -2.52. The van der Waals surface area contributed by atoms with Crippen molar-refractivity contribution in [1.29, 1.82) is 0 Å². The molecule has 3 aliphatic rings. The lowest BCUT2D eigenvalue weighted by Gasteiger charge is -2.40. The molecular formula is C35H42F2N2O6S. The van der Waals surface area contributed by atoms with Gasteiger partial charge in [0.2, 0.25) is 0 Å². The standard InChI is InChI=1S/C35H42F2N2O6S/c1-19-3-6-21(33-31(41)30(40)32(42)35(45-33)46-2)14-22(19)13-20-4-8-25(9-5-20)44-26-11-12-39(17-26)24-16-29(38)34(43-18-24)27-15-23(36)7-10-28(27)37/h3-10,14-15,24,26,29-35,40-42H,11-13,16-18,38H2,1-2H3/t24-,26+,29-,30+,31+,32-,33-,34+,35+/m0/s1. The Labute approximate surface area is 272 Å². The van der Waals surface area contributed by atoms with Gasteiger partial charge in [-0.15, -0.1) is 11.8 Å². The van der Waals surface area contributed by atoms with E-state index < -0.39 is 53.6 Å². The molecule has 0 unspecified atom stereocenters. The number of nitrogens with zero attached hydrogens (tertiary/aromatic N) is 1. The van der Waals surface area contributed by atoms with Crippen LogP contribution in [0, 0.1) is 18.6 Å². The van der Waals surface area contributed by atoms with Gasteiger partial charge in [0.25, 0.3) is 0 Å². The molecule has 0 amide bonds. The Hall–Kier alpha value is -2.61. The first kappa shape index (κ1) is 33.3. The number of aliphatic hydroxyl groups excluding tert-OH is 3. The average Bonchev–Trinajstić information content (AvgIpc) is 3.52. The lowest BCUT2D eigenvalue weighted by atomic mass is 9.91. The number of benzene rings is 3. The van der Waals surface area contributed by atoms with E-state index in [-0.39, 0.29) is 17.7 Å². The summed E-state index contributed by atoms with van der Waals surface area (Å²) in [7, 11) is 0. The summed E-state index contributed by atoms with van der Waals surface area (Å²) >= 11 is 1.30. The molecule has 3 aliphatic heterocycles. The van der Waals surface area contributed by atoms with Crippen molar-refractivity contribution in [2.75, 3.05) is 26.0 Å². The number of halogens is 2. The van der Waals surface area contributed by atoms with Crippen molar-refractivity contribution in [3.63, 3.8) is 0 Å². The molecule has 3 aromatic carbocycles. The van der Waals surface area contributed by atoms with Gasteiger partial charge in [-0.3, -0.25) is 4.90 Å². The van der Waals surface area contributed by atoms with Crippen molar-refractivity contribution in [2.24, 2.45) is 5.73 Å². The van der Waals surface area contributed by atoms with Crippen LogP contribution in [0.4, 0.5) is 8.78 Å². The Balaban J connectivity index is 1.03. The van der Waals surface area contributed by atoms with E-state index in [1.165, 1.54) is 17.8 Å². The van der Waals surface area contributed by atoms with Crippen LogP contribution < -0.4 is 10.5 Å². The molecule has 3 heterocycles. The summed E-state index contributed by atoms with van der Waals surface area (Å²) in [6.07, 6.45) is -1.15. The van der Waals surface area contributed by atoms with E-state index in [1.807, 2.05) is 49.4 Å². The first-order valence-electron chi connectivity index (χ1n) is 15.7. The predicted octanol–water partition coefficient (Wildman–Crippen LogP) is 4.02. The van der Waals surface area contributed by atoms with Gasteiger partial charge in [-0.2, -0.15) is 0 Å². The minimum Gasteiger partial charge on any atom is -0.489 e. The highest BCUT2D eigenvalue weighted by Gasteiger charge is 2.44. The minimum atomic E-state index is -1.29. The van der Waals surface area contributed by atoms with E-state index in [0.29, 0.717) is 19.4 Å². The maximum Gasteiger partial charge on any atom is 0.132 e. The van der Waals surface area contributed by atoms with E-state index in [4.69, 9.17) is 19.9 Å². The smallest absolute Gasteiger partial charge is 0.132 e. The molecule has 46 heavy (non-hydrogen) atoms. The van der Waals surface area contributed by atoms with Crippen LogP contribution in [0.1, 0.15) is 52.9 Å². The van der Waals surface area contributed by atoms with E-state index in [1.54, 1.807) is 6.26 Å². The summed E-state index contributed by atoms with van der Waals surface area (Å²) in [6, 6.07) is 16.9. The van der Waals surface area contributed by atoms with Gasteiger partial charge in [0.05, 0.1) is 6.61 Å². The highest BCUT2D eigenvalue weighted by Crippen LogP contribution is 2.37. The van der Waals surface area contributed by atoms with Crippen LogP contribution in [-0.4, -0.2) is 88.1 Å². The summed E-state index contributed by atoms with van der Waals surface area (Å²) in [6.45, 7) is 3.99. The molecule has 0 aromatic heterocycles. The van der Waals surface area contributed by atoms with Crippen LogP contribution in [0.25, 0.3) is 0 Å². The first-order chi connectivity index (χ1) is 22.1. The maximum atomic E-state index is 14.3. The number of aryl methyl sites for hydroxylation is 1. The van der Waals surface area contributed by atoms with Crippen molar-refractivity contribution in [1.82, 2.24) is 4.90 Å². The van der Waals surface area contributed by atoms with Crippen molar-refractivity contribution in [2.45, 2.75) is 80.3 Å². The SMILES string of the molecule is CS[C@H]1O[C@@H](c2ccc(C)c(Cc3ccc(O[C@@H]4CCN([C@@H]5CO[C@H](c6cc(F)ccc6F)[C@@H](N)C5)C4)cc3)c2)[C@H](O)[C@@H](O)[C@@H]1O. The van der Waals surface area contributed by atoms with Gasteiger partial charge in [-0.05, 0) is 85.0 Å². The van der Waals surface area contributed by atoms with Crippen molar-refractivity contribution in [3.05, 3.63) is 100 Å². The third kappa shape index (κ3) is 7.12. The summed E-state index contributed by atoms with van der Waals surface area (Å²) in [4.78, 5) is 2.31. The molecule has 9 atom stereocenters. The Kier molecular flexibility index (Phi) is 10.3. The van der Waals surface area contributed by atoms with Gasteiger partial charge in [0.15, 0.2) is 0 Å². The predicted molar refractivity (Wildman–Crippen MR) is 172 cm³/mol. The van der Waals surface area contributed by atoms with Gasteiger partial charge in [-0.25, -0.2) is 8.78 Å². The lowest BCUT2D eigenvalue weighted by molar-refractivity contribution is -0.200. The van der Waals surface area contributed by atoms with E-state index in [0.717, 1.165) is 59.6 Å². The van der Waals surface area contributed by atoms with Gasteiger partial charge in [0.1, 0.15) is 59.4 Å². The molecule has 3 aromatic rings. The van der Waals surface area contributed by atoms with Gasteiger partial charge < -0.3 is 35.3 Å². The summed E-state index contributed by atoms with van der Waals surface area (Å²) in [5.41, 5.74) is 9.95. The Morgan fingerprint density at radius 2 is 1.76 bits per heavy atom. The molecule has 0 radical (unpaired) electrons. The zero-order valence-electron chi connectivity index (χ0n) is 26.0. The molecule has 3 saturated heterocycles. The average molecular weight is 657 g/mol. The van der Waals surface area contributed by atoms with Gasteiger partial charge in [-0.1, -0.05) is 30.3 Å². The highest BCUT2D eigenvalue weighted by atomic mass is 32.2. The number of rotatable bonds is 8. The largest absolute Gasteiger partial charge is 0.489 e. The second-order valence-corrected chi connectivity index (χ2v) is 13.6. The van der Waals surface area contributed by atoms with Crippen LogP contribution in [0.3, 0.4) is 0 Å².